The van der Waals surface area contributed by atoms with Crippen LogP contribution in [0.5, 0.6) is 0 Å². The third-order valence-corrected chi connectivity index (χ3v) is 4.68. The molecule has 0 bridgehead atoms. The Balaban J connectivity index is 1.62. The van der Waals surface area contributed by atoms with Gasteiger partial charge in [-0.3, -0.25) is 4.90 Å². The van der Waals surface area contributed by atoms with Crippen molar-refractivity contribution in [2.24, 2.45) is 11.8 Å². The molecule has 0 aromatic carbocycles. The Morgan fingerprint density at radius 1 is 0.857 bits per heavy atom. The summed E-state index contributed by atoms with van der Waals surface area (Å²) in [5.74, 6) is 1.94. The smallest absolute Gasteiger partial charge is 0.0696 e. The summed E-state index contributed by atoms with van der Waals surface area (Å²) < 4.78 is 0. The van der Waals surface area contributed by atoms with Crippen LogP contribution in [-0.2, 0) is 0 Å². The Morgan fingerprint density at radius 3 is 1.93 bits per heavy atom. The van der Waals surface area contributed by atoms with Gasteiger partial charge in [0.05, 0.1) is 6.10 Å². The molecule has 80 valence electrons. The normalized spacial score (nSPS) is 48.6. The first kappa shape index (κ1) is 9.17. The van der Waals surface area contributed by atoms with E-state index in [1.54, 1.807) is 0 Å². The van der Waals surface area contributed by atoms with Crippen LogP contribution in [0.15, 0.2) is 0 Å². The summed E-state index contributed by atoms with van der Waals surface area (Å²) in [5, 5.41) is 9.66. The molecule has 1 aliphatic heterocycles. The molecular formula is C12H21NO. The molecule has 2 unspecified atom stereocenters. The summed E-state index contributed by atoms with van der Waals surface area (Å²) in [7, 11) is 0. The van der Waals surface area contributed by atoms with Gasteiger partial charge in [-0.15, -0.1) is 0 Å². The van der Waals surface area contributed by atoms with Gasteiger partial charge in [-0.05, 0) is 37.5 Å². The molecule has 4 atom stereocenters. The lowest BCUT2D eigenvalue weighted by Crippen LogP contribution is -2.49. The number of fused-ring (bicyclic) bond motifs is 1. The second kappa shape index (κ2) is 3.49. The van der Waals surface area contributed by atoms with Gasteiger partial charge in [-0.2, -0.15) is 0 Å². The maximum Gasteiger partial charge on any atom is 0.0696 e. The Labute approximate surface area is 86.3 Å². The minimum Gasteiger partial charge on any atom is -0.391 e. The van der Waals surface area contributed by atoms with E-state index < -0.39 is 0 Å². The largest absolute Gasteiger partial charge is 0.391 e. The second-order valence-corrected chi connectivity index (χ2v) is 5.47. The molecule has 0 radical (unpaired) electrons. The van der Waals surface area contributed by atoms with Crippen molar-refractivity contribution >= 4 is 0 Å². The first-order chi connectivity index (χ1) is 6.84. The van der Waals surface area contributed by atoms with E-state index in [0.29, 0.717) is 6.04 Å². The lowest BCUT2D eigenvalue weighted by atomic mass is 9.82. The number of aliphatic hydroxyl groups excluding tert-OH is 1. The molecule has 0 amide bonds. The van der Waals surface area contributed by atoms with E-state index in [4.69, 9.17) is 0 Å². The summed E-state index contributed by atoms with van der Waals surface area (Å²) in [6.07, 6.45) is 8.06. The average molecular weight is 195 g/mol. The molecule has 1 N–H and O–H groups in total. The van der Waals surface area contributed by atoms with Crippen molar-refractivity contribution < 1.29 is 5.11 Å². The molecule has 14 heavy (non-hydrogen) atoms. The third kappa shape index (κ3) is 1.40. The predicted molar refractivity (Wildman–Crippen MR) is 56.0 cm³/mol. The van der Waals surface area contributed by atoms with Crippen LogP contribution < -0.4 is 0 Å². The predicted octanol–water partition coefficient (Wildman–Crippen LogP) is 1.63. The van der Waals surface area contributed by atoms with Crippen LogP contribution in [0.25, 0.3) is 0 Å². The van der Waals surface area contributed by atoms with Gasteiger partial charge in [0.25, 0.3) is 0 Å². The van der Waals surface area contributed by atoms with Crippen LogP contribution in [0.3, 0.4) is 0 Å². The van der Waals surface area contributed by atoms with Gasteiger partial charge in [-0.25, -0.2) is 0 Å². The SMILES string of the molecule is O[C@H]1CC[C@@H]1N1CC2CCCCC2C1. The van der Waals surface area contributed by atoms with E-state index in [-0.39, 0.29) is 6.10 Å². The number of likely N-dealkylation sites (tertiary alicyclic amines) is 1. The number of nitrogens with zero attached hydrogens (tertiary/aromatic N) is 1. The molecule has 1 heterocycles. The Morgan fingerprint density at radius 2 is 1.50 bits per heavy atom. The molecule has 1 saturated heterocycles. The van der Waals surface area contributed by atoms with Crippen molar-refractivity contribution in [3.8, 4) is 0 Å². The van der Waals surface area contributed by atoms with Gasteiger partial charge in [0, 0.05) is 19.1 Å². The molecule has 0 aromatic rings. The fourth-order valence-electron chi connectivity index (χ4n) is 3.60. The zero-order valence-corrected chi connectivity index (χ0v) is 8.86. The van der Waals surface area contributed by atoms with Crippen molar-refractivity contribution in [3.63, 3.8) is 0 Å². The van der Waals surface area contributed by atoms with Gasteiger partial charge in [0.15, 0.2) is 0 Å². The standard InChI is InChI=1S/C12H21NO/c14-12-6-5-11(12)13-7-9-3-1-2-4-10(9)8-13/h9-12,14H,1-8H2/t9?,10?,11-,12-/m0/s1. The maximum absolute atomic E-state index is 9.66. The van der Waals surface area contributed by atoms with Gasteiger partial charge < -0.3 is 5.11 Å². The average Bonchev–Trinajstić information content (AvgIpc) is 2.58. The maximum atomic E-state index is 9.66. The number of hydrogen-bond donors (Lipinski definition) is 1. The van der Waals surface area contributed by atoms with Gasteiger partial charge in [0.2, 0.25) is 0 Å². The lowest BCUT2D eigenvalue weighted by Gasteiger charge is -2.39. The molecule has 2 aliphatic carbocycles. The minimum atomic E-state index is -0.00449. The van der Waals surface area contributed by atoms with Crippen LogP contribution in [-0.4, -0.2) is 35.2 Å². The molecule has 2 heteroatoms. The van der Waals surface area contributed by atoms with E-state index in [2.05, 4.69) is 4.90 Å². The quantitative estimate of drug-likeness (QED) is 0.687. The Kier molecular flexibility index (Phi) is 2.29. The number of aliphatic hydroxyl groups is 1. The fraction of sp³-hybridized carbons (Fsp3) is 1.00. The first-order valence-electron chi connectivity index (χ1n) is 6.27. The molecule has 3 fully saturated rings. The van der Waals surface area contributed by atoms with Crippen LogP contribution in [0.4, 0.5) is 0 Å². The van der Waals surface area contributed by atoms with Gasteiger partial charge in [-0.1, -0.05) is 12.8 Å². The van der Waals surface area contributed by atoms with E-state index in [0.717, 1.165) is 18.3 Å². The van der Waals surface area contributed by atoms with Gasteiger partial charge >= 0.3 is 0 Å². The van der Waals surface area contributed by atoms with Crippen LogP contribution in [0.1, 0.15) is 38.5 Å². The molecule has 2 nitrogen and oxygen atoms in total. The zero-order chi connectivity index (χ0) is 9.54. The third-order valence-electron chi connectivity index (χ3n) is 4.68. The van der Waals surface area contributed by atoms with E-state index in [1.807, 2.05) is 0 Å². The number of rotatable bonds is 1. The van der Waals surface area contributed by atoms with Crippen LogP contribution in [0.2, 0.25) is 0 Å². The highest BCUT2D eigenvalue weighted by Gasteiger charge is 2.42. The van der Waals surface area contributed by atoms with Gasteiger partial charge in [0.1, 0.15) is 0 Å². The first-order valence-corrected chi connectivity index (χ1v) is 6.27. The van der Waals surface area contributed by atoms with E-state index >= 15 is 0 Å². The second-order valence-electron chi connectivity index (χ2n) is 5.47. The van der Waals surface area contributed by atoms with Crippen molar-refractivity contribution in [1.29, 1.82) is 0 Å². The summed E-state index contributed by atoms with van der Waals surface area (Å²) in [6.45, 7) is 2.57. The van der Waals surface area contributed by atoms with Crippen LogP contribution >= 0.6 is 0 Å². The van der Waals surface area contributed by atoms with Crippen molar-refractivity contribution in [2.45, 2.75) is 50.7 Å². The fourth-order valence-corrected chi connectivity index (χ4v) is 3.60. The van der Waals surface area contributed by atoms with Crippen LogP contribution in [0, 0.1) is 11.8 Å². The Bertz CT molecular complexity index is 204. The summed E-state index contributed by atoms with van der Waals surface area (Å²) >= 11 is 0. The van der Waals surface area contributed by atoms with Crippen molar-refractivity contribution in [1.82, 2.24) is 4.90 Å². The number of hydrogen-bond acceptors (Lipinski definition) is 2. The zero-order valence-electron chi connectivity index (χ0n) is 8.86. The minimum absolute atomic E-state index is 0.00449. The summed E-state index contributed by atoms with van der Waals surface area (Å²) in [5.41, 5.74) is 0. The lowest BCUT2D eigenvalue weighted by molar-refractivity contribution is -0.0132. The molecule has 0 spiro atoms. The highest BCUT2D eigenvalue weighted by molar-refractivity contribution is 4.95. The topological polar surface area (TPSA) is 23.5 Å². The summed E-state index contributed by atoms with van der Waals surface area (Å²) in [6, 6.07) is 0.528. The van der Waals surface area contributed by atoms with E-state index in [9.17, 15) is 5.11 Å². The van der Waals surface area contributed by atoms with Crippen molar-refractivity contribution in [2.75, 3.05) is 13.1 Å². The highest BCUT2D eigenvalue weighted by Crippen LogP contribution is 2.39. The molecule has 0 aromatic heterocycles. The van der Waals surface area contributed by atoms with E-state index in [1.165, 1.54) is 45.2 Å². The Hall–Kier alpha value is -0.0800. The highest BCUT2D eigenvalue weighted by atomic mass is 16.3. The van der Waals surface area contributed by atoms with Crippen molar-refractivity contribution in [3.05, 3.63) is 0 Å². The monoisotopic (exact) mass is 195 g/mol. The molecule has 3 rings (SSSR count). The molecular weight excluding hydrogens is 174 g/mol. The summed E-state index contributed by atoms with van der Waals surface area (Å²) in [4.78, 5) is 2.58. The molecule has 3 aliphatic rings. The molecule has 2 saturated carbocycles.